The molecule has 0 saturated heterocycles. The molecule has 0 radical (unpaired) electrons. The lowest BCUT2D eigenvalue weighted by Crippen LogP contribution is -2.40. The van der Waals surface area contributed by atoms with Crippen LogP contribution in [-0.2, 0) is 6.42 Å². The number of rotatable bonds is 6. The first-order chi connectivity index (χ1) is 10.7. The van der Waals surface area contributed by atoms with Crippen molar-refractivity contribution in [1.82, 2.24) is 10.6 Å². The predicted octanol–water partition coefficient (Wildman–Crippen LogP) is 4.09. The average Bonchev–Trinajstić information content (AvgIpc) is 2.54. The summed E-state index contributed by atoms with van der Waals surface area (Å²) < 4.78 is 0. The number of nitrogens with one attached hydrogen (secondary N) is 2. The molecule has 2 nitrogen and oxygen atoms in total. The van der Waals surface area contributed by atoms with Crippen molar-refractivity contribution in [2.24, 2.45) is 5.92 Å². The Labute approximate surface area is 139 Å². The maximum absolute atomic E-state index is 5.44. The van der Waals surface area contributed by atoms with E-state index in [1.54, 1.807) is 0 Å². The van der Waals surface area contributed by atoms with Crippen LogP contribution in [0.25, 0.3) is 0 Å². The Balaban J connectivity index is 1.84. The van der Waals surface area contributed by atoms with E-state index in [2.05, 4.69) is 73.0 Å². The molecular formula is C19H24N2S. The average molecular weight is 312 g/mol. The van der Waals surface area contributed by atoms with Gasteiger partial charge in [0.25, 0.3) is 0 Å². The highest BCUT2D eigenvalue weighted by Gasteiger charge is 2.16. The van der Waals surface area contributed by atoms with Gasteiger partial charge in [0.1, 0.15) is 0 Å². The van der Waals surface area contributed by atoms with Gasteiger partial charge in [-0.3, -0.25) is 0 Å². The molecule has 2 N–H and O–H groups in total. The van der Waals surface area contributed by atoms with E-state index in [9.17, 15) is 0 Å². The van der Waals surface area contributed by atoms with Crippen LogP contribution in [0.3, 0.4) is 0 Å². The molecule has 0 spiro atoms. The van der Waals surface area contributed by atoms with Gasteiger partial charge in [0, 0.05) is 6.54 Å². The summed E-state index contributed by atoms with van der Waals surface area (Å²) in [4.78, 5) is 0. The van der Waals surface area contributed by atoms with Crippen molar-refractivity contribution < 1.29 is 0 Å². The van der Waals surface area contributed by atoms with Crippen molar-refractivity contribution in [3.05, 3.63) is 71.8 Å². The standard InChI is InChI=1S/C19H24N2S/c1-15(2)18(17-11-7-4-8-12-17)21-19(22)20-14-13-16-9-5-3-6-10-16/h3-12,15,18H,13-14H2,1-2H3,(H2,20,21,22)/t18-/m0/s1. The van der Waals surface area contributed by atoms with Gasteiger partial charge in [-0.25, -0.2) is 0 Å². The molecule has 1 atom stereocenters. The van der Waals surface area contributed by atoms with Crippen molar-refractivity contribution in [3.63, 3.8) is 0 Å². The van der Waals surface area contributed by atoms with Gasteiger partial charge in [0.2, 0.25) is 0 Å². The number of hydrogen-bond acceptors (Lipinski definition) is 1. The zero-order valence-corrected chi connectivity index (χ0v) is 14.1. The van der Waals surface area contributed by atoms with Crippen LogP contribution in [0.5, 0.6) is 0 Å². The van der Waals surface area contributed by atoms with Gasteiger partial charge in [-0.05, 0) is 35.7 Å². The summed E-state index contributed by atoms with van der Waals surface area (Å²) in [6.07, 6.45) is 0.973. The van der Waals surface area contributed by atoms with E-state index in [0.717, 1.165) is 18.1 Å². The summed E-state index contributed by atoms with van der Waals surface area (Å²) in [7, 11) is 0. The van der Waals surface area contributed by atoms with Crippen molar-refractivity contribution in [1.29, 1.82) is 0 Å². The lowest BCUT2D eigenvalue weighted by molar-refractivity contribution is 0.469. The van der Waals surface area contributed by atoms with Crippen LogP contribution in [0.15, 0.2) is 60.7 Å². The van der Waals surface area contributed by atoms with E-state index < -0.39 is 0 Å². The third-order valence-corrected chi connectivity index (χ3v) is 3.92. The molecule has 116 valence electrons. The van der Waals surface area contributed by atoms with Gasteiger partial charge in [0.15, 0.2) is 5.11 Å². The zero-order valence-electron chi connectivity index (χ0n) is 13.3. The van der Waals surface area contributed by atoms with Crippen LogP contribution in [0.2, 0.25) is 0 Å². The summed E-state index contributed by atoms with van der Waals surface area (Å²) in [6.45, 7) is 5.25. The third-order valence-electron chi connectivity index (χ3n) is 3.65. The quantitative estimate of drug-likeness (QED) is 0.786. The first-order valence-electron chi connectivity index (χ1n) is 7.80. The molecule has 2 rings (SSSR count). The molecule has 22 heavy (non-hydrogen) atoms. The third kappa shape index (κ3) is 5.15. The zero-order chi connectivity index (χ0) is 15.8. The molecule has 0 aliphatic carbocycles. The topological polar surface area (TPSA) is 24.1 Å². The second kappa shape index (κ2) is 8.54. The molecule has 0 heterocycles. The van der Waals surface area contributed by atoms with E-state index >= 15 is 0 Å². The van der Waals surface area contributed by atoms with E-state index in [1.807, 2.05) is 12.1 Å². The second-order valence-corrected chi connectivity index (χ2v) is 6.18. The Hall–Kier alpha value is -1.87. The maximum atomic E-state index is 5.44. The van der Waals surface area contributed by atoms with Gasteiger partial charge in [0.05, 0.1) is 6.04 Å². The fraction of sp³-hybridized carbons (Fsp3) is 0.316. The van der Waals surface area contributed by atoms with Gasteiger partial charge >= 0.3 is 0 Å². The molecule has 2 aromatic rings. The van der Waals surface area contributed by atoms with Crippen molar-refractivity contribution in [2.75, 3.05) is 6.54 Å². The van der Waals surface area contributed by atoms with E-state index in [4.69, 9.17) is 12.2 Å². The predicted molar refractivity (Wildman–Crippen MR) is 97.9 cm³/mol. The number of hydrogen-bond donors (Lipinski definition) is 2. The van der Waals surface area contributed by atoms with Crippen LogP contribution in [0.4, 0.5) is 0 Å². The van der Waals surface area contributed by atoms with E-state index in [-0.39, 0.29) is 6.04 Å². The number of benzene rings is 2. The van der Waals surface area contributed by atoms with Crippen molar-refractivity contribution in [2.45, 2.75) is 26.3 Å². The molecule has 0 saturated carbocycles. The van der Waals surface area contributed by atoms with Crippen LogP contribution >= 0.6 is 12.2 Å². The van der Waals surface area contributed by atoms with E-state index in [1.165, 1.54) is 11.1 Å². The summed E-state index contributed by atoms with van der Waals surface area (Å²) in [5.74, 6) is 0.469. The molecule has 0 unspecified atom stereocenters. The fourth-order valence-electron chi connectivity index (χ4n) is 2.45. The highest BCUT2D eigenvalue weighted by atomic mass is 32.1. The molecule has 0 aromatic heterocycles. The van der Waals surface area contributed by atoms with Gasteiger partial charge in [-0.2, -0.15) is 0 Å². The molecule has 0 bridgehead atoms. The molecule has 3 heteroatoms. The second-order valence-electron chi connectivity index (χ2n) is 5.77. The van der Waals surface area contributed by atoms with Crippen LogP contribution in [0.1, 0.15) is 31.0 Å². The van der Waals surface area contributed by atoms with Crippen LogP contribution in [-0.4, -0.2) is 11.7 Å². The molecule has 0 aliphatic heterocycles. The SMILES string of the molecule is CC(C)[C@H](NC(=S)NCCc1ccccc1)c1ccccc1. The first-order valence-corrected chi connectivity index (χ1v) is 8.21. The lowest BCUT2D eigenvalue weighted by atomic mass is 9.96. The maximum Gasteiger partial charge on any atom is 0.166 e. The monoisotopic (exact) mass is 312 g/mol. The Kier molecular flexibility index (Phi) is 6.41. The molecule has 2 aromatic carbocycles. The molecule has 0 amide bonds. The minimum atomic E-state index is 0.234. The Morgan fingerprint density at radius 1 is 0.955 bits per heavy atom. The minimum Gasteiger partial charge on any atom is -0.362 e. The molecule has 0 aliphatic rings. The molecular weight excluding hydrogens is 288 g/mol. The van der Waals surface area contributed by atoms with Gasteiger partial charge in [-0.1, -0.05) is 74.5 Å². The van der Waals surface area contributed by atoms with Gasteiger partial charge < -0.3 is 10.6 Å². The summed E-state index contributed by atoms with van der Waals surface area (Å²) >= 11 is 5.44. The Morgan fingerprint density at radius 3 is 2.14 bits per heavy atom. The van der Waals surface area contributed by atoms with E-state index in [0.29, 0.717) is 5.92 Å². The Morgan fingerprint density at radius 2 is 1.55 bits per heavy atom. The lowest BCUT2D eigenvalue weighted by Gasteiger charge is -2.24. The summed E-state index contributed by atoms with van der Waals surface area (Å²) in [6, 6.07) is 21.1. The highest BCUT2D eigenvalue weighted by molar-refractivity contribution is 7.80. The minimum absolute atomic E-state index is 0.234. The summed E-state index contributed by atoms with van der Waals surface area (Å²) in [5, 5.41) is 7.47. The smallest absolute Gasteiger partial charge is 0.166 e. The summed E-state index contributed by atoms with van der Waals surface area (Å²) in [5.41, 5.74) is 2.59. The largest absolute Gasteiger partial charge is 0.362 e. The van der Waals surface area contributed by atoms with Crippen molar-refractivity contribution in [3.8, 4) is 0 Å². The fourth-order valence-corrected chi connectivity index (χ4v) is 2.68. The Bertz CT molecular complexity index is 567. The van der Waals surface area contributed by atoms with Gasteiger partial charge in [-0.15, -0.1) is 0 Å². The highest BCUT2D eigenvalue weighted by Crippen LogP contribution is 2.20. The number of thiocarbonyl (C=S) groups is 1. The molecule has 0 fully saturated rings. The van der Waals surface area contributed by atoms with Crippen LogP contribution in [0, 0.1) is 5.92 Å². The first kappa shape index (κ1) is 16.5. The van der Waals surface area contributed by atoms with Crippen LogP contribution < -0.4 is 10.6 Å². The van der Waals surface area contributed by atoms with Crippen molar-refractivity contribution >= 4 is 17.3 Å². The normalized spacial score (nSPS) is 12.0.